The monoisotopic (exact) mass is 280 g/mol. The van der Waals surface area contributed by atoms with Crippen LogP contribution in [-0.4, -0.2) is 30.6 Å². The number of hydrogen-bond donors (Lipinski definition) is 1. The highest BCUT2D eigenvalue weighted by atomic mass is 19.1. The van der Waals surface area contributed by atoms with Crippen LogP contribution in [0.3, 0.4) is 0 Å². The summed E-state index contributed by atoms with van der Waals surface area (Å²) in [5.74, 6) is -0.319. The van der Waals surface area contributed by atoms with Crippen molar-refractivity contribution in [1.82, 2.24) is 10.2 Å². The van der Waals surface area contributed by atoms with Crippen molar-refractivity contribution < 1.29 is 8.78 Å². The predicted octanol–water partition coefficient (Wildman–Crippen LogP) is 3.10. The first-order valence-corrected chi connectivity index (χ1v) is 7.56. The van der Waals surface area contributed by atoms with Crippen molar-refractivity contribution in [3.8, 4) is 0 Å². The third kappa shape index (κ3) is 3.01. The molecule has 20 heavy (non-hydrogen) atoms. The Hall–Kier alpha value is -1.00. The van der Waals surface area contributed by atoms with Crippen molar-refractivity contribution in [3.63, 3.8) is 0 Å². The highest BCUT2D eigenvalue weighted by molar-refractivity contribution is 5.22. The van der Waals surface area contributed by atoms with Crippen molar-refractivity contribution in [2.75, 3.05) is 19.6 Å². The van der Waals surface area contributed by atoms with Crippen LogP contribution in [0.2, 0.25) is 0 Å². The van der Waals surface area contributed by atoms with E-state index in [1.807, 2.05) is 6.92 Å². The van der Waals surface area contributed by atoms with Crippen LogP contribution in [-0.2, 0) is 0 Å². The van der Waals surface area contributed by atoms with Crippen LogP contribution in [0, 0.1) is 17.6 Å². The smallest absolute Gasteiger partial charge is 0.130 e. The number of rotatable bonds is 5. The Balaban J connectivity index is 1.53. The minimum atomic E-state index is -0.462. The SMILES string of the molecule is CC(NCC1CCN(C2CC2)C1)c1c(F)cccc1F. The zero-order valence-electron chi connectivity index (χ0n) is 11.9. The molecule has 1 saturated carbocycles. The van der Waals surface area contributed by atoms with Gasteiger partial charge in [0.1, 0.15) is 11.6 Å². The Morgan fingerprint density at radius 2 is 1.95 bits per heavy atom. The lowest BCUT2D eigenvalue weighted by Crippen LogP contribution is -2.29. The molecule has 4 heteroatoms. The van der Waals surface area contributed by atoms with Gasteiger partial charge in [0.25, 0.3) is 0 Å². The predicted molar refractivity (Wildman–Crippen MR) is 75.5 cm³/mol. The summed E-state index contributed by atoms with van der Waals surface area (Å²) in [5.41, 5.74) is 0.157. The number of benzene rings is 1. The summed E-state index contributed by atoms with van der Waals surface area (Å²) >= 11 is 0. The van der Waals surface area contributed by atoms with Crippen LogP contribution >= 0.6 is 0 Å². The molecule has 2 unspecified atom stereocenters. The molecule has 1 heterocycles. The Labute approximate surface area is 119 Å². The molecule has 2 aliphatic rings. The molecule has 3 rings (SSSR count). The van der Waals surface area contributed by atoms with Gasteiger partial charge >= 0.3 is 0 Å². The second kappa shape index (κ2) is 5.78. The summed E-state index contributed by atoms with van der Waals surface area (Å²) in [7, 11) is 0. The lowest BCUT2D eigenvalue weighted by atomic mass is 10.0. The Morgan fingerprint density at radius 1 is 1.25 bits per heavy atom. The molecule has 0 radical (unpaired) electrons. The Bertz CT molecular complexity index is 453. The van der Waals surface area contributed by atoms with E-state index >= 15 is 0 Å². The zero-order valence-corrected chi connectivity index (χ0v) is 11.9. The van der Waals surface area contributed by atoms with Crippen LogP contribution in [0.25, 0.3) is 0 Å². The van der Waals surface area contributed by atoms with E-state index in [-0.39, 0.29) is 11.6 Å². The first kappa shape index (κ1) is 14.0. The molecule has 1 aliphatic carbocycles. The lowest BCUT2D eigenvalue weighted by Gasteiger charge is -2.19. The fourth-order valence-electron chi connectivity index (χ4n) is 3.17. The second-order valence-electron chi connectivity index (χ2n) is 6.15. The van der Waals surface area contributed by atoms with Gasteiger partial charge in [-0.15, -0.1) is 0 Å². The van der Waals surface area contributed by atoms with Gasteiger partial charge in [-0.25, -0.2) is 8.78 Å². The lowest BCUT2D eigenvalue weighted by molar-refractivity contribution is 0.309. The molecule has 2 fully saturated rings. The van der Waals surface area contributed by atoms with E-state index < -0.39 is 11.6 Å². The maximum Gasteiger partial charge on any atom is 0.130 e. The summed E-state index contributed by atoms with van der Waals surface area (Å²) < 4.78 is 27.4. The van der Waals surface area contributed by atoms with Gasteiger partial charge in [0, 0.05) is 24.2 Å². The molecule has 2 atom stereocenters. The summed E-state index contributed by atoms with van der Waals surface area (Å²) in [6.45, 7) is 4.97. The fourth-order valence-corrected chi connectivity index (χ4v) is 3.17. The molecular weight excluding hydrogens is 258 g/mol. The molecule has 1 aromatic rings. The van der Waals surface area contributed by atoms with Crippen molar-refractivity contribution in [2.45, 2.75) is 38.3 Å². The van der Waals surface area contributed by atoms with Crippen molar-refractivity contribution in [2.24, 2.45) is 5.92 Å². The quantitative estimate of drug-likeness (QED) is 0.891. The molecule has 0 amide bonds. The fraction of sp³-hybridized carbons (Fsp3) is 0.625. The van der Waals surface area contributed by atoms with Gasteiger partial charge in [-0.2, -0.15) is 0 Å². The van der Waals surface area contributed by atoms with E-state index in [0.29, 0.717) is 5.92 Å². The molecule has 2 nitrogen and oxygen atoms in total. The topological polar surface area (TPSA) is 15.3 Å². The third-order valence-corrected chi connectivity index (χ3v) is 4.53. The van der Waals surface area contributed by atoms with Crippen molar-refractivity contribution in [1.29, 1.82) is 0 Å². The van der Waals surface area contributed by atoms with Crippen molar-refractivity contribution >= 4 is 0 Å². The van der Waals surface area contributed by atoms with Crippen LogP contribution in [0.5, 0.6) is 0 Å². The highest BCUT2D eigenvalue weighted by Crippen LogP contribution is 2.31. The average molecular weight is 280 g/mol. The van der Waals surface area contributed by atoms with E-state index in [2.05, 4.69) is 10.2 Å². The second-order valence-corrected chi connectivity index (χ2v) is 6.15. The van der Waals surface area contributed by atoms with Crippen molar-refractivity contribution in [3.05, 3.63) is 35.4 Å². The van der Waals surface area contributed by atoms with Gasteiger partial charge < -0.3 is 10.2 Å². The minimum Gasteiger partial charge on any atom is -0.310 e. The van der Waals surface area contributed by atoms with E-state index in [9.17, 15) is 8.78 Å². The zero-order chi connectivity index (χ0) is 14.1. The van der Waals surface area contributed by atoms with Gasteiger partial charge in [0.2, 0.25) is 0 Å². The molecule has 1 aromatic carbocycles. The standard InChI is InChI=1S/C16H22F2N2/c1-11(16-14(17)3-2-4-15(16)18)19-9-12-7-8-20(10-12)13-5-6-13/h2-4,11-13,19H,5-10H2,1H3. The first-order valence-electron chi connectivity index (χ1n) is 7.56. The van der Waals surface area contributed by atoms with Crippen LogP contribution in [0.1, 0.15) is 37.8 Å². The van der Waals surface area contributed by atoms with Gasteiger partial charge in [0.05, 0.1) is 0 Å². The number of halogens is 2. The maximum absolute atomic E-state index is 13.7. The molecule has 0 bridgehead atoms. The highest BCUT2D eigenvalue weighted by Gasteiger charge is 2.34. The molecule has 1 saturated heterocycles. The Morgan fingerprint density at radius 3 is 2.60 bits per heavy atom. The molecule has 0 aromatic heterocycles. The van der Waals surface area contributed by atoms with Gasteiger partial charge in [-0.05, 0) is 57.3 Å². The molecule has 110 valence electrons. The Kier molecular flexibility index (Phi) is 4.03. The van der Waals surface area contributed by atoms with Gasteiger partial charge in [-0.3, -0.25) is 0 Å². The van der Waals surface area contributed by atoms with Gasteiger partial charge in [-0.1, -0.05) is 6.07 Å². The molecule has 1 N–H and O–H groups in total. The molecule has 0 spiro atoms. The van der Waals surface area contributed by atoms with Crippen LogP contribution in [0.15, 0.2) is 18.2 Å². The molecule has 1 aliphatic heterocycles. The summed E-state index contributed by atoms with van der Waals surface area (Å²) in [4.78, 5) is 2.56. The number of nitrogens with zero attached hydrogens (tertiary/aromatic N) is 1. The third-order valence-electron chi connectivity index (χ3n) is 4.53. The first-order chi connectivity index (χ1) is 9.65. The summed E-state index contributed by atoms with van der Waals surface area (Å²) in [5, 5.41) is 3.30. The normalized spacial score (nSPS) is 25.1. The molecular formula is C16H22F2N2. The largest absolute Gasteiger partial charge is 0.310 e. The van der Waals surface area contributed by atoms with E-state index in [1.165, 1.54) is 44.0 Å². The van der Waals surface area contributed by atoms with E-state index in [0.717, 1.165) is 19.1 Å². The number of hydrogen-bond acceptors (Lipinski definition) is 2. The van der Waals surface area contributed by atoms with Gasteiger partial charge in [0.15, 0.2) is 0 Å². The van der Waals surface area contributed by atoms with E-state index in [4.69, 9.17) is 0 Å². The summed E-state index contributed by atoms with van der Waals surface area (Å²) in [6.07, 6.45) is 3.88. The minimum absolute atomic E-state index is 0.157. The summed E-state index contributed by atoms with van der Waals surface area (Å²) in [6, 6.07) is 4.58. The average Bonchev–Trinajstić information content (AvgIpc) is 3.16. The number of likely N-dealkylation sites (tertiary alicyclic amines) is 1. The van der Waals surface area contributed by atoms with Crippen LogP contribution in [0.4, 0.5) is 8.78 Å². The van der Waals surface area contributed by atoms with Crippen LogP contribution < -0.4 is 5.32 Å². The van der Waals surface area contributed by atoms with E-state index in [1.54, 1.807) is 0 Å². The number of nitrogens with one attached hydrogen (secondary N) is 1. The maximum atomic E-state index is 13.7.